The molecule has 0 fully saturated rings. The molecule has 1 aromatic heterocycles. The van der Waals surface area contributed by atoms with Gasteiger partial charge >= 0.3 is 5.97 Å². The van der Waals surface area contributed by atoms with Crippen LogP contribution in [0.5, 0.6) is 0 Å². The smallest absolute Gasteiger partial charge is 0.340 e. The van der Waals surface area contributed by atoms with E-state index in [4.69, 9.17) is 10.6 Å². The van der Waals surface area contributed by atoms with Crippen molar-refractivity contribution in [2.45, 2.75) is 12.8 Å². The van der Waals surface area contributed by atoms with E-state index >= 15 is 0 Å². The summed E-state index contributed by atoms with van der Waals surface area (Å²) in [5.74, 6) is -0.373. The van der Waals surface area contributed by atoms with Gasteiger partial charge < -0.3 is 10.6 Å². The Labute approximate surface area is 130 Å². The van der Waals surface area contributed by atoms with Crippen LogP contribution in [-0.4, -0.2) is 16.7 Å². The Morgan fingerprint density at radius 3 is 2.59 bits per heavy atom. The lowest BCUT2D eigenvalue weighted by Gasteiger charge is -2.01. The maximum absolute atomic E-state index is 11.5. The Balaban J connectivity index is 1.86. The van der Waals surface area contributed by atoms with E-state index in [1.165, 1.54) is 23.5 Å². The Bertz CT molecular complexity index is 681. The number of nitro benzene ring substituents is 1. The van der Waals surface area contributed by atoms with Gasteiger partial charge in [0, 0.05) is 23.4 Å². The summed E-state index contributed by atoms with van der Waals surface area (Å²) < 4.78 is 0. The van der Waals surface area contributed by atoms with Crippen LogP contribution in [-0.2, 0) is 22.5 Å². The number of thiophene rings is 1. The van der Waals surface area contributed by atoms with Gasteiger partial charge in [0.1, 0.15) is 5.84 Å². The van der Waals surface area contributed by atoms with Crippen LogP contribution in [0.15, 0.2) is 46.9 Å². The molecule has 22 heavy (non-hydrogen) atoms. The fourth-order valence-corrected chi connectivity index (χ4v) is 2.36. The maximum atomic E-state index is 11.5. The highest BCUT2D eigenvalue weighted by Crippen LogP contribution is 2.12. The van der Waals surface area contributed by atoms with E-state index in [1.807, 2.05) is 17.5 Å². The molecule has 0 spiro atoms. The first-order valence-corrected chi connectivity index (χ1v) is 7.20. The Morgan fingerprint density at radius 2 is 2.00 bits per heavy atom. The topological polar surface area (TPSA) is 108 Å². The third kappa shape index (κ3) is 4.67. The fraction of sp³-hybridized carbons (Fsp3) is 0.143. The summed E-state index contributed by atoms with van der Waals surface area (Å²) in [4.78, 5) is 27.2. The zero-order chi connectivity index (χ0) is 15.9. The van der Waals surface area contributed by atoms with E-state index in [2.05, 4.69) is 5.16 Å². The summed E-state index contributed by atoms with van der Waals surface area (Å²) in [7, 11) is 0. The van der Waals surface area contributed by atoms with Crippen LogP contribution in [0.2, 0.25) is 0 Å². The molecule has 2 aromatic rings. The number of carbonyl (C=O) groups is 1. The SMILES string of the molecule is N/C(Cc1ccc([N+](=O)[O-])cc1)=N/OC(=O)Cc1cccs1. The van der Waals surface area contributed by atoms with Crippen molar-refractivity contribution in [2.24, 2.45) is 10.9 Å². The molecule has 0 saturated heterocycles. The lowest BCUT2D eigenvalue weighted by molar-refractivity contribution is -0.384. The Kier molecular flexibility index (Phi) is 5.21. The number of hydrogen-bond acceptors (Lipinski definition) is 6. The van der Waals surface area contributed by atoms with Crippen LogP contribution in [0.3, 0.4) is 0 Å². The summed E-state index contributed by atoms with van der Waals surface area (Å²) >= 11 is 1.46. The van der Waals surface area contributed by atoms with E-state index in [1.54, 1.807) is 12.1 Å². The van der Waals surface area contributed by atoms with Crippen LogP contribution < -0.4 is 5.73 Å². The average molecular weight is 319 g/mol. The first-order chi connectivity index (χ1) is 10.5. The summed E-state index contributed by atoms with van der Waals surface area (Å²) in [5.41, 5.74) is 6.41. The van der Waals surface area contributed by atoms with E-state index < -0.39 is 10.9 Å². The summed E-state index contributed by atoms with van der Waals surface area (Å²) in [6, 6.07) is 9.59. The van der Waals surface area contributed by atoms with Crippen molar-refractivity contribution in [1.82, 2.24) is 0 Å². The highest BCUT2D eigenvalue weighted by Gasteiger charge is 2.07. The predicted octanol–water partition coefficient (Wildman–Crippen LogP) is 2.26. The minimum Gasteiger partial charge on any atom is -0.384 e. The molecule has 0 radical (unpaired) electrons. The van der Waals surface area contributed by atoms with E-state index in [9.17, 15) is 14.9 Å². The van der Waals surface area contributed by atoms with E-state index in [0.717, 1.165) is 10.4 Å². The molecule has 0 atom stereocenters. The Hall–Kier alpha value is -2.74. The third-order valence-electron chi connectivity index (χ3n) is 2.70. The van der Waals surface area contributed by atoms with Gasteiger partial charge in [-0.25, -0.2) is 4.79 Å². The third-order valence-corrected chi connectivity index (χ3v) is 3.57. The molecule has 0 bridgehead atoms. The number of rotatable bonds is 6. The van der Waals surface area contributed by atoms with Crippen LogP contribution in [0.4, 0.5) is 5.69 Å². The lowest BCUT2D eigenvalue weighted by atomic mass is 10.1. The van der Waals surface area contributed by atoms with E-state index in [0.29, 0.717) is 0 Å². The zero-order valence-electron chi connectivity index (χ0n) is 11.5. The molecule has 0 unspecified atom stereocenters. The molecule has 8 heteroatoms. The van der Waals surface area contributed by atoms with Crippen molar-refractivity contribution in [3.8, 4) is 0 Å². The molecular weight excluding hydrogens is 306 g/mol. The summed E-state index contributed by atoms with van der Waals surface area (Å²) in [5, 5.41) is 16.0. The first-order valence-electron chi connectivity index (χ1n) is 6.32. The molecule has 0 aliphatic rings. The standard InChI is InChI=1S/C14H13N3O4S/c15-13(8-10-3-5-11(6-4-10)17(19)20)16-21-14(18)9-12-2-1-7-22-12/h1-7H,8-9H2,(H2,15,16). The molecule has 114 valence electrons. The second-order valence-electron chi connectivity index (χ2n) is 4.40. The van der Waals surface area contributed by atoms with Crippen molar-refractivity contribution in [1.29, 1.82) is 0 Å². The van der Waals surface area contributed by atoms with Gasteiger partial charge in [-0.15, -0.1) is 11.3 Å². The first kappa shape index (κ1) is 15.6. The molecular formula is C14H13N3O4S. The number of nitro groups is 1. The second-order valence-corrected chi connectivity index (χ2v) is 5.43. The lowest BCUT2D eigenvalue weighted by Crippen LogP contribution is -2.17. The molecule has 2 rings (SSSR count). The molecule has 0 amide bonds. The quantitative estimate of drug-likeness (QED) is 0.289. The van der Waals surface area contributed by atoms with E-state index in [-0.39, 0.29) is 24.4 Å². The van der Waals surface area contributed by atoms with Gasteiger partial charge in [-0.05, 0) is 17.0 Å². The molecule has 0 aliphatic heterocycles. The highest BCUT2D eigenvalue weighted by molar-refractivity contribution is 7.10. The number of amidine groups is 1. The molecule has 1 heterocycles. The second kappa shape index (κ2) is 7.32. The summed E-state index contributed by atoms with van der Waals surface area (Å²) in [6.45, 7) is 0. The zero-order valence-corrected chi connectivity index (χ0v) is 12.3. The Morgan fingerprint density at radius 1 is 1.27 bits per heavy atom. The molecule has 2 N–H and O–H groups in total. The number of nitrogens with two attached hydrogens (primary N) is 1. The largest absolute Gasteiger partial charge is 0.384 e. The van der Waals surface area contributed by atoms with Crippen LogP contribution in [0, 0.1) is 10.1 Å². The van der Waals surface area contributed by atoms with Crippen molar-refractivity contribution >= 4 is 28.8 Å². The molecule has 1 aromatic carbocycles. The van der Waals surface area contributed by atoms with Gasteiger partial charge in [0.05, 0.1) is 11.3 Å². The molecule has 7 nitrogen and oxygen atoms in total. The van der Waals surface area contributed by atoms with Crippen LogP contribution in [0.25, 0.3) is 0 Å². The number of oxime groups is 1. The van der Waals surface area contributed by atoms with Crippen LogP contribution in [0.1, 0.15) is 10.4 Å². The number of nitrogens with zero attached hydrogens (tertiary/aromatic N) is 2. The minimum atomic E-state index is -0.492. The number of hydrogen-bond donors (Lipinski definition) is 1. The number of non-ortho nitro benzene ring substituents is 1. The van der Waals surface area contributed by atoms with Gasteiger partial charge in [-0.2, -0.15) is 0 Å². The van der Waals surface area contributed by atoms with Gasteiger partial charge in [0.25, 0.3) is 5.69 Å². The van der Waals surface area contributed by atoms with Gasteiger partial charge in [-0.1, -0.05) is 23.4 Å². The maximum Gasteiger partial charge on any atom is 0.340 e. The van der Waals surface area contributed by atoms with Crippen molar-refractivity contribution in [2.75, 3.05) is 0 Å². The summed E-state index contributed by atoms with van der Waals surface area (Å²) in [6.07, 6.45) is 0.385. The monoisotopic (exact) mass is 319 g/mol. The predicted molar refractivity (Wildman–Crippen MR) is 82.5 cm³/mol. The normalized spacial score (nSPS) is 11.2. The number of carbonyl (C=O) groups excluding carboxylic acids is 1. The van der Waals surface area contributed by atoms with Gasteiger partial charge in [-0.3, -0.25) is 10.1 Å². The fourth-order valence-electron chi connectivity index (χ4n) is 1.67. The minimum absolute atomic E-state index is 0.00151. The number of benzene rings is 1. The van der Waals surface area contributed by atoms with Crippen molar-refractivity contribution < 1.29 is 14.6 Å². The van der Waals surface area contributed by atoms with Gasteiger partial charge in [0.15, 0.2) is 0 Å². The average Bonchev–Trinajstić information content (AvgIpc) is 2.98. The van der Waals surface area contributed by atoms with Crippen molar-refractivity contribution in [3.05, 3.63) is 62.3 Å². The van der Waals surface area contributed by atoms with Crippen LogP contribution >= 0.6 is 11.3 Å². The molecule has 0 aliphatic carbocycles. The molecule has 0 saturated carbocycles. The highest BCUT2D eigenvalue weighted by atomic mass is 32.1. The van der Waals surface area contributed by atoms with Crippen molar-refractivity contribution in [3.63, 3.8) is 0 Å². The van der Waals surface area contributed by atoms with Gasteiger partial charge in [0.2, 0.25) is 0 Å².